The highest BCUT2D eigenvalue weighted by atomic mass is 35.5. The van der Waals surface area contributed by atoms with Crippen molar-refractivity contribution in [3.8, 4) is 34.8 Å². The van der Waals surface area contributed by atoms with Crippen LogP contribution in [0.15, 0.2) is 96.4 Å². The third-order valence-corrected chi connectivity index (χ3v) is 6.94. The van der Waals surface area contributed by atoms with E-state index in [4.69, 9.17) is 41.0 Å². The number of nitrogens with zero attached hydrogens (tertiary/aromatic N) is 1. The number of halogens is 1. The van der Waals surface area contributed by atoms with Crippen molar-refractivity contribution in [2.75, 3.05) is 13.7 Å². The summed E-state index contributed by atoms with van der Waals surface area (Å²) in [7, 11) is 1.55. The predicted octanol–water partition coefficient (Wildman–Crippen LogP) is 6.44. The highest BCUT2D eigenvalue weighted by molar-refractivity contribution is 6.30. The fourth-order valence-electron chi connectivity index (χ4n) is 4.58. The van der Waals surface area contributed by atoms with Gasteiger partial charge in [0.25, 0.3) is 0 Å². The Morgan fingerprint density at radius 2 is 1.76 bits per heavy atom. The van der Waals surface area contributed by atoms with Crippen molar-refractivity contribution < 1.29 is 28.5 Å². The number of carbonyl (C=O) groups is 1. The molecule has 1 unspecified atom stereocenters. The van der Waals surface area contributed by atoms with Gasteiger partial charge in [-0.3, -0.25) is 0 Å². The Kier molecular flexibility index (Phi) is 8.51. The fraction of sp³-hybridized carbons (Fsp3) is 0.152. The van der Waals surface area contributed by atoms with Crippen LogP contribution in [-0.4, -0.2) is 19.7 Å². The van der Waals surface area contributed by atoms with Crippen LogP contribution >= 0.6 is 11.6 Å². The third kappa shape index (κ3) is 6.27. The van der Waals surface area contributed by atoms with E-state index in [1.807, 2.05) is 43.3 Å². The molecule has 2 N–H and O–H groups in total. The Balaban J connectivity index is 1.36. The second-order valence-electron chi connectivity index (χ2n) is 9.48. The van der Waals surface area contributed by atoms with Gasteiger partial charge < -0.3 is 29.4 Å². The molecule has 0 radical (unpaired) electrons. The van der Waals surface area contributed by atoms with Gasteiger partial charge in [-0.25, -0.2) is 4.79 Å². The minimum Gasteiger partial charge on any atom is -0.493 e. The summed E-state index contributed by atoms with van der Waals surface area (Å²) in [6.07, 6.45) is 0. The molecule has 4 aromatic rings. The molecule has 0 aliphatic carbocycles. The number of hydrogen-bond donors (Lipinski definition) is 1. The lowest BCUT2D eigenvalue weighted by atomic mass is 9.83. The first-order valence-corrected chi connectivity index (χ1v) is 13.4. The zero-order chi connectivity index (χ0) is 29.6. The number of esters is 1. The highest BCUT2D eigenvalue weighted by Gasteiger charge is 2.32. The van der Waals surface area contributed by atoms with E-state index < -0.39 is 11.9 Å². The average molecular weight is 583 g/mol. The van der Waals surface area contributed by atoms with Crippen molar-refractivity contribution in [1.82, 2.24) is 0 Å². The molecule has 42 heavy (non-hydrogen) atoms. The number of carbonyl (C=O) groups excluding carboxylic acids is 1. The molecule has 0 saturated carbocycles. The van der Waals surface area contributed by atoms with E-state index in [0.717, 1.165) is 16.7 Å². The molecule has 0 amide bonds. The van der Waals surface area contributed by atoms with Crippen LogP contribution in [-0.2, 0) is 11.4 Å². The molecule has 1 aliphatic heterocycles. The molecule has 8 nitrogen and oxygen atoms in total. The minimum absolute atomic E-state index is 0.0385. The number of aryl methyl sites for hydroxylation is 1. The first-order valence-electron chi connectivity index (χ1n) is 13.0. The Bertz CT molecular complexity index is 1690. The number of benzene rings is 4. The van der Waals surface area contributed by atoms with Crippen LogP contribution in [0.25, 0.3) is 0 Å². The molecule has 0 fully saturated rings. The van der Waals surface area contributed by atoms with Crippen molar-refractivity contribution >= 4 is 17.6 Å². The molecular weight excluding hydrogens is 556 g/mol. The zero-order valence-corrected chi connectivity index (χ0v) is 23.7. The van der Waals surface area contributed by atoms with E-state index >= 15 is 0 Å². The first-order chi connectivity index (χ1) is 20.4. The SMILES string of the molecule is COc1cc(C2C(C#N)=C(N)Oc3cc(OC(=O)COc4ccccc4C)ccc32)ccc1OCc1ccc(Cl)cc1. The van der Waals surface area contributed by atoms with E-state index in [1.54, 1.807) is 55.6 Å². The quantitative estimate of drug-likeness (QED) is 0.177. The van der Waals surface area contributed by atoms with Gasteiger partial charge in [0.15, 0.2) is 18.1 Å². The predicted molar refractivity (Wildman–Crippen MR) is 157 cm³/mol. The van der Waals surface area contributed by atoms with Crippen LogP contribution in [0.3, 0.4) is 0 Å². The summed E-state index contributed by atoms with van der Waals surface area (Å²) in [6, 6.07) is 27.3. The lowest BCUT2D eigenvalue weighted by molar-refractivity contribution is -0.136. The topological polar surface area (TPSA) is 113 Å². The largest absolute Gasteiger partial charge is 0.493 e. The van der Waals surface area contributed by atoms with Crippen molar-refractivity contribution in [3.05, 3.63) is 124 Å². The van der Waals surface area contributed by atoms with Crippen molar-refractivity contribution in [3.63, 3.8) is 0 Å². The third-order valence-electron chi connectivity index (χ3n) is 6.69. The maximum Gasteiger partial charge on any atom is 0.349 e. The lowest BCUT2D eigenvalue weighted by Crippen LogP contribution is -2.22. The van der Waals surface area contributed by atoms with E-state index in [2.05, 4.69) is 6.07 Å². The minimum atomic E-state index is -0.578. The van der Waals surface area contributed by atoms with Crippen LogP contribution in [0.1, 0.15) is 28.2 Å². The van der Waals surface area contributed by atoms with Crippen LogP contribution in [0.2, 0.25) is 5.02 Å². The van der Waals surface area contributed by atoms with Crippen LogP contribution in [0.5, 0.6) is 28.7 Å². The summed E-state index contributed by atoms with van der Waals surface area (Å²) < 4.78 is 28.5. The first kappa shape index (κ1) is 28.4. The average Bonchev–Trinajstić information content (AvgIpc) is 2.99. The number of para-hydroxylation sites is 1. The maximum absolute atomic E-state index is 12.5. The van der Waals surface area contributed by atoms with E-state index in [1.165, 1.54) is 0 Å². The summed E-state index contributed by atoms with van der Waals surface area (Å²) in [6.45, 7) is 1.95. The molecule has 0 aromatic heterocycles. The van der Waals surface area contributed by atoms with Gasteiger partial charge in [-0.2, -0.15) is 5.26 Å². The number of ether oxygens (including phenoxy) is 5. The standard InChI is InChI=1S/C33H27ClN2O6/c1-20-5-3-4-6-27(20)40-19-31(37)41-24-12-13-25-29(16-24)42-33(36)26(17-35)32(25)22-9-14-28(30(15-22)38-2)39-18-21-7-10-23(34)11-8-21/h3-16,32H,18-19,36H2,1-2H3. The van der Waals surface area contributed by atoms with Crippen molar-refractivity contribution in [2.45, 2.75) is 19.4 Å². The van der Waals surface area contributed by atoms with Gasteiger partial charge >= 0.3 is 5.97 Å². The second-order valence-corrected chi connectivity index (χ2v) is 9.91. The molecular formula is C33H27ClN2O6. The van der Waals surface area contributed by atoms with E-state index in [0.29, 0.717) is 40.2 Å². The monoisotopic (exact) mass is 582 g/mol. The molecule has 1 heterocycles. The van der Waals surface area contributed by atoms with Gasteiger partial charge in [0.1, 0.15) is 35.5 Å². The van der Waals surface area contributed by atoms with Gasteiger partial charge in [-0.05, 0) is 60.0 Å². The van der Waals surface area contributed by atoms with E-state index in [9.17, 15) is 10.1 Å². The Hall–Kier alpha value is -5.13. The molecule has 9 heteroatoms. The summed E-state index contributed by atoms with van der Waals surface area (Å²) in [5, 5.41) is 10.6. The number of methoxy groups -OCH3 is 1. The smallest absolute Gasteiger partial charge is 0.349 e. The normalized spacial score (nSPS) is 13.8. The van der Waals surface area contributed by atoms with Crippen LogP contribution in [0.4, 0.5) is 0 Å². The van der Waals surface area contributed by atoms with Crippen LogP contribution in [0, 0.1) is 18.3 Å². The summed E-state index contributed by atoms with van der Waals surface area (Å²) in [5.41, 5.74) is 9.69. The molecule has 5 rings (SSSR count). The molecule has 1 aliphatic rings. The van der Waals surface area contributed by atoms with Crippen LogP contribution < -0.4 is 29.4 Å². The highest BCUT2D eigenvalue weighted by Crippen LogP contribution is 2.45. The molecule has 1 atom stereocenters. The number of rotatable bonds is 9. The zero-order valence-electron chi connectivity index (χ0n) is 22.9. The Morgan fingerprint density at radius 3 is 2.50 bits per heavy atom. The Labute approximate surface area is 248 Å². The van der Waals surface area contributed by atoms with E-state index in [-0.39, 0.29) is 23.8 Å². The molecule has 0 bridgehead atoms. The molecule has 0 saturated heterocycles. The number of hydrogen-bond acceptors (Lipinski definition) is 8. The van der Waals surface area contributed by atoms with Crippen molar-refractivity contribution in [2.24, 2.45) is 5.73 Å². The van der Waals surface area contributed by atoms with Gasteiger partial charge in [0.05, 0.1) is 13.0 Å². The second kappa shape index (κ2) is 12.6. The molecule has 0 spiro atoms. The van der Waals surface area contributed by atoms with Crippen molar-refractivity contribution in [1.29, 1.82) is 5.26 Å². The Morgan fingerprint density at radius 1 is 0.976 bits per heavy atom. The van der Waals surface area contributed by atoms with Gasteiger partial charge in [0.2, 0.25) is 5.88 Å². The lowest BCUT2D eigenvalue weighted by Gasteiger charge is -2.27. The summed E-state index contributed by atoms with van der Waals surface area (Å²) >= 11 is 5.97. The number of nitriles is 1. The van der Waals surface area contributed by atoms with Gasteiger partial charge in [-0.1, -0.05) is 54.1 Å². The van der Waals surface area contributed by atoms with Gasteiger partial charge in [-0.15, -0.1) is 0 Å². The summed E-state index contributed by atoms with van der Waals surface area (Å²) in [5.74, 6) is 1.08. The van der Waals surface area contributed by atoms with Gasteiger partial charge in [0, 0.05) is 16.7 Å². The number of allylic oxidation sites excluding steroid dienone is 1. The number of nitrogens with two attached hydrogens (primary N) is 1. The maximum atomic E-state index is 12.5. The summed E-state index contributed by atoms with van der Waals surface area (Å²) in [4.78, 5) is 12.5. The molecule has 212 valence electrons. The fourth-order valence-corrected chi connectivity index (χ4v) is 4.71. The number of fused-ring (bicyclic) bond motifs is 1. The molecule has 4 aromatic carbocycles.